The normalized spacial score (nSPS) is 46.4. The Bertz CT molecular complexity index is 654. The number of hydrogen-bond acceptors (Lipinski definition) is 4. The summed E-state index contributed by atoms with van der Waals surface area (Å²) in [5.74, 6) is -1.40. The third kappa shape index (κ3) is 2.10. The summed E-state index contributed by atoms with van der Waals surface area (Å²) in [5, 5.41) is 11.5. The van der Waals surface area contributed by atoms with Crippen molar-refractivity contribution in [1.29, 1.82) is 0 Å². The molecule has 0 radical (unpaired) electrons. The number of fused-ring (bicyclic) bond motifs is 1. The molecule has 0 saturated carbocycles. The van der Waals surface area contributed by atoms with E-state index in [-0.39, 0.29) is 5.91 Å². The molecule has 0 unspecified atom stereocenters. The predicted octanol–water partition coefficient (Wildman–Crippen LogP) is 0.757. The fourth-order valence-corrected chi connectivity index (χ4v) is 5.42. The lowest BCUT2D eigenvalue weighted by Gasteiger charge is -2.36. The Morgan fingerprint density at radius 2 is 2.21 bits per heavy atom. The number of carbonyl (C=O) groups excluding carboxylic acids is 2. The molecule has 2 bridgehead atoms. The number of carbonyl (C=O) groups is 2. The summed E-state index contributed by atoms with van der Waals surface area (Å²) in [6.07, 6.45) is 6.54. The molecule has 1 aliphatic carbocycles. The number of allylic oxidation sites excluding steroid dienone is 2. The lowest BCUT2D eigenvalue weighted by atomic mass is 9.75. The summed E-state index contributed by atoms with van der Waals surface area (Å²) < 4.78 is 5.91. The van der Waals surface area contributed by atoms with E-state index in [4.69, 9.17) is 4.74 Å². The highest BCUT2D eigenvalue weighted by molar-refractivity contribution is 5.90. The summed E-state index contributed by atoms with van der Waals surface area (Å²) in [7, 11) is 0. The zero-order valence-electron chi connectivity index (χ0n) is 14.4. The molecular weight excluding hydrogens is 306 g/mol. The molecule has 0 N–H and O–H groups in total. The van der Waals surface area contributed by atoms with Gasteiger partial charge in [-0.05, 0) is 31.1 Å². The maximum Gasteiger partial charge on any atom is 0.229 e. The third-order valence-electron chi connectivity index (χ3n) is 6.48. The fourth-order valence-electron chi connectivity index (χ4n) is 5.42. The molecule has 24 heavy (non-hydrogen) atoms. The molecule has 0 aromatic heterocycles. The molecule has 2 fully saturated rings. The SMILES string of the molecule is CC1=C[C@@H](C)[C@H](CN2C[C@@]34C=C[C@@H](O3)[C@H](C(=O)[O-])[C@@H]4C2=O)[C@H](C)C1. The molecule has 0 aromatic carbocycles. The summed E-state index contributed by atoms with van der Waals surface area (Å²) in [5.41, 5.74) is 0.663. The minimum absolute atomic E-state index is 0.0817. The van der Waals surface area contributed by atoms with Gasteiger partial charge in [-0.25, -0.2) is 0 Å². The number of nitrogens with zero attached hydrogens (tertiary/aromatic N) is 1. The van der Waals surface area contributed by atoms with Gasteiger partial charge in [-0.2, -0.15) is 0 Å². The van der Waals surface area contributed by atoms with Gasteiger partial charge in [-0.15, -0.1) is 0 Å². The summed E-state index contributed by atoms with van der Waals surface area (Å²) in [6.45, 7) is 7.74. The molecule has 3 heterocycles. The second-order valence-corrected chi connectivity index (χ2v) is 8.16. The first-order valence-corrected chi connectivity index (χ1v) is 8.86. The Morgan fingerprint density at radius 3 is 2.88 bits per heavy atom. The van der Waals surface area contributed by atoms with Crippen molar-refractivity contribution in [3.8, 4) is 0 Å². The van der Waals surface area contributed by atoms with Gasteiger partial charge in [0.25, 0.3) is 0 Å². The van der Waals surface area contributed by atoms with Crippen molar-refractivity contribution >= 4 is 11.9 Å². The van der Waals surface area contributed by atoms with Crippen LogP contribution in [0.15, 0.2) is 23.8 Å². The number of hydrogen-bond donors (Lipinski definition) is 0. The second kappa shape index (κ2) is 5.19. The Labute approximate surface area is 142 Å². The number of amides is 1. The highest BCUT2D eigenvalue weighted by atomic mass is 16.5. The number of carboxylic acids is 1. The summed E-state index contributed by atoms with van der Waals surface area (Å²) in [4.78, 5) is 26.3. The molecule has 3 aliphatic heterocycles. The zero-order chi connectivity index (χ0) is 17.2. The van der Waals surface area contributed by atoms with Crippen LogP contribution in [0.2, 0.25) is 0 Å². The van der Waals surface area contributed by atoms with Crippen LogP contribution < -0.4 is 5.11 Å². The van der Waals surface area contributed by atoms with Crippen LogP contribution in [0.1, 0.15) is 27.2 Å². The Morgan fingerprint density at radius 1 is 1.46 bits per heavy atom. The topological polar surface area (TPSA) is 69.7 Å². The minimum atomic E-state index is -1.18. The monoisotopic (exact) mass is 330 g/mol. The first-order valence-electron chi connectivity index (χ1n) is 8.86. The number of ether oxygens (including phenoxy) is 1. The van der Waals surface area contributed by atoms with E-state index in [2.05, 4.69) is 26.8 Å². The molecule has 2 saturated heterocycles. The zero-order valence-corrected chi connectivity index (χ0v) is 14.4. The van der Waals surface area contributed by atoms with Crippen molar-refractivity contribution < 1.29 is 19.4 Å². The highest BCUT2D eigenvalue weighted by Crippen LogP contribution is 2.52. The maximum atomic E-state index is 12.9. The van der Waals surface area contributed by atoms with Crippen LogP contribution in [-0.2, 0) is 14.3 Å². The quantitative estimate of drug-likeness (QED) is 0.716. The van der Waals surface area contributed by atoms with Gasteiger partial charge in [0.1, 0.15) is 5.60 Å². The molecule has 7 atom stereocenters. The van der Waals surface area contributed by atoms with Gasteiger partial charge in [0.2, 0.25) is 5.91 Å². The van der Waals surface area contributed by atoms with Crippen molar-refractivity contribution in [3.63, 3.8) is 0 Å². The largest absolute Gasteiger partial charge is 0.550 e. The van der Waals surface area contributed by atoms with Gasteiger partial charge < -0.3 is 19.5 Å². The molecule has 0 aromatic rings. The van der Waals surface area contributed by atoms with E-state index >= 15 is 0 Å². The van der Waals surface area contributed by atoms with E-state index in [1.807, 2.05) is 11.0 Å². The Balaban J connectivity index is 1.56. The molecule has 4 aliphatic rings. The maximum absolute atomic E-state index is 12.9. The second-order valence-electron chi connectivity index (χ2n) is 8.16. The predicted molar refractivity (Wildman–Crippen MR) is 85.5 cm³/mol. The molecule has 4 rings (SSSR count). The third-order valence-corrected chi connectivity index (χ3v) is 6.48. The van der Waals surface area contributed by atoms with Crippen LogP contribution in [-0.4, -0.2) is 41.6 Å². The Hall–Kier alpha value is -1.62. The van der Waals surface area contributed by atoms with Crippen LogP contribution >= 0.6 is 0 Å². The van der Waals surface area contributed by atoms with E-state index in [1.165, 1.54) is 5.57 Å². The van der Waals surface area contributed by atoms with Crippen LogP contribution in [0, 0.1) is 29.6 Å². The molecule has 130 valence electrons. The van der Waals surface area contributed by atoms with E-state index in [0.717, 1.165) is 6.42 Å². The number of carboxylic acid groups (broad SMARTS) is 1. The van der Waals surface area contributed by atoms with E-state index in [9.17, 15) is 14.7 Å². The number of aliphatic carboxylic acids is 1. The van der Waals surface area contributed by atoms with Crippen LogP contribution in [0.25, 0.3) is 0 Å². The lowest BCUT2D eigenvalue weighted by molar-refractivity contribution is -0.313. The number of rotatable bonds is 3. The van der Waals surface area contributed by atoms with Crippen molar-refractivity contribution in [2.24, 2.45) is 29.6 Å². The first-order chi connectivity index (χ1) is 11.3. The van der Waals surface area contributed by atoms with Gasteiger partial charge in [-0.1, -0.05) is 37.6 Å². The fraction of sp³-hybridized carbons (Fsp3) is 0.684. The van der Waals surface area contributed by atoms with E-state index in [1.54, 1.807) is 6.08 Å². The van der Waals surface area contributed by atoms with Gasteiger partial charge >= 0.3 is 0 Å². The minimum Gasteiger partial charge on any atom is -0.550 e. The first kappa shape index (κ1) is 15.9. The summed E-state index contributed by atoms with van der Waals surface area (Å²) >= 11 is 0. The highest BCUT2D eigenvalue weighted by Gasteiger charge is 2.65. The van der Waals surface area contributed by atoms with Gasteiger partial charge in [0.05, 0.1) is 18.6 Å². The molecule has 1 spiro atoms. The van der Waals surface area contributed by atoms with Crippen molar-refractivity contribution in [3.05, 3.63) is 23.8 Å². The van der Waals surface area contributed by atoms with Crippen molar-refractivity contribution in [2.75, 3.05) is 13.1 Å². The van der Waals surface area contributed by atoms with Crippen molar-refractivity contribution in [1.82, 2.24) is 4.90 Å². The van der Waals surface area contributed by atoms with Gasteiger partial charge in [-0.3, -0.25) is 4.79 Å². The van der Waals surface area contributed by atoms with Crippen LogP contribution in [0.4, 0.5) is 0 Å². The molecular formula is C19H24NO4-. The standard InChI is InChI=1S/C19H25NO4/c1-10-6-11(2)13(12(3)7-10)8-20-9-19-5-4-14(24-19)15(18(22)23)16(19)17(20)21/h4-6,11-16H,7-9H2,1-3H3,(H,22,23)/p-1/t11-,12-,13+,14-,15+,16-,19-/m1/s1. The van der Waals surface area contributed by atoms with Gasteiger partial charge in [0, 0.05) is 18.4 Å². The van der Waals surface area contributed by atoms with Gasteiger partial charge in [0.15, 0.2) is 0 Å². The van der Waals surface area contributed by atoms with Crippen molar-refractivity contribution in [2.45, 2.75) is 38.9 Å². The smallest absolute Gasteiger partial charge is 0.229 e. The lowest BCUT2D eigenvalue weighted by Crippen LogP contribution is -2.45. The average Bonchev–Trinajstić information content (AvgIpc) is 3.11. The van der Waals surface area contributed by atoms with E-state index in [0.29, 0.717) is 30.8 Å². The average molecular weight is 330 g/mol. The molecule has 1 amide bonds. The molecule has 5 nitrogen and oxygen atoms in total. The van der Waals surface area contributed by atoms with E-state index < -0.39 is 29.5 Å². The number of likely N-dealkylation sites (tertiary alicyclic amines) is 1. The van der Waals surface area contributed by atoms with Crippen LogP contribution in [0.5, 0.6) is 0 Å². The Kier molecular flexibility index (Phi) is 3.43. The van der Waals surface area contributed by atoms with Crippen LogP contribution in [0.3, 0.4) is 0 Å². The molecule has 5 heteroatoms. The summed E-state index contributed by atoms with van der Waals surface area (Å²) in [6, 6.07) is 0.